The summed E-state index contributed by atoms with van der Waals surface area (Å²) in [4.78, 5) is 3.58. The van der Waals surface area contributed by atoms with Gasteiger partial charge in [0.05, 0.1) is 28.0 Å². The molecule has 0 fully saturated rings. The van der Waals surface area contributed by atoms with Crippen LogP contribution in [-0.4, -0.2) is 4.98 Å². The number of hydrogen-bond donors (Lipinski definition) is 1. The summed E-state index contributed by atoms with van der Waals surface area (Å²) in [5, 5.41) is 4.22. The number of anilines is 1. The van der Waals surface area contributed by atoms with Crippen molar-refractivity contribution in [2.24, 2.45) is 0 Å². The van der Waals surface area contributed by atoms with E-state index in [1.54, 1.807) is 12.1 Å². The van der Waals surface area contributed by atoms with E-state index in [2.05, 4.69) is 10.3 Å². The SMILES string of the molecule is CC(Nc1ccc(F)nc1)c1cccc(Cl)c1Cl. The summed E-state index contributed by atoms with van der Waals surface area (Å²) in [5.41, 5.74) is 1.61. The Bertz CT molecular complexity index is 543. The Morgan fingerprint density at radius 2 is 2.00 bits per heavy atom. The predicted molar refractivity (Wildman–Crippen MR) is 72.7 cm³/mol. The molecule has 0 saturated heterocycles. The molecule has 94 valence electrons. The van der Waals surface area contributed by atoms with Gasteiger partial charge in [-0.25, -0.2) is 4.98 Å². The zero-order chi connectivity index (χ0) is 13.1. The van der Waals surface area contributed by atoms with Gasteiger partial charge in [-0.1, -0.05) is 35.3 Å². The summed E-state index contributed by atoms with van der Waals surface area (Å²) in [6.07, 6.45) is 1.43. The smallest absolute Gasteiger partial charge is 0.212 e. The fraction of sp³-hybridized carbons (Fsp3) is 0.154. The molecule has 1 aromatic heterocycles. The molecule has 0 radical (unpaired) electrons. The van der Waals surface area contributed by atoms with Crippen molar-refractivity contribution in [1.29, 1.82) is 0 Å². The van der Waals surface area contributed by atoms with Gasteiger partial charge in [-0.3, -0.25) is 0 Å². The van der Waals surface area contributed by atoms with Crippen LogP contribution in [-0.2, 0) is 0 Å². The molecule has 1 N–H and O–H groups in total. The standard InChI is InChI=1S/C13H11Cl2FN2/c1-8(10-3-2-4-11(14)13(10)15)18-9-5-6-12(16)17-7-9/h2-8,18H,1H3. The maximum absolute atomic E-state index is 12.7. The Morgan fingerprint density at radius 1 is 1.22 bits per heavy atom. The quantitative estimate of drug-likeness (QED) is 0.827. The van der Waals surface area contributed by atoms with Crippen molar-refractivity contribution >= 4 is 28.9 Å². The van der Waals surface area contributed by atoms with Crippen molar-refractivity contribution in [3.05, 3.63) is 58.1 Å². The molecule has 0 aliphatic carbocycles. The maximum Gasteiger partial charge on any atom is 0.212 e. The van der Waals surface area contributed by atoms with Gasteiger partial charge in [0, 0.05) is 0 Å². The lowest BCUT2D eigenvalue weighted by molar-refractivity contribution is 0.584. The van der Waals surface area contributed by atoms with Crippen LogP contribution in [0, 0.1) is 5.95 Å². The van der Waals surface area contributed by atoms with Gasteiger partial charge in [-0.05, 0) is 30.7 Å². The fourth-order valence-electron chi connectivity index (χ4n) is 1.64. The zero-order valence-corrected chi connectivity index (χ0v) is 11.1. The van der Waals surface area contributed by atoms with E-state index in [4.69, 9.17) is 23.2 Å². The van der Waals surface area contributed by atoms with Crippen LogP contribution in [0.2, 0.25) is 10.0 Å². The molecule has 0 spiro atoms. The van der Waals surface area contributed by atoms with Crippen LogP contribution in [0.5, 0.6) is 0 Å². The van der Waals surface area contributed by atoms with Crippen molar-refractivity contribution < 1.29 is 4.39 Å². The molecular formula is C13H11Cl2FN2. The molecule has 1 heterocycles. The molecule has 5 heteroatoms. The molecule has 2 aromatic rings. The number of nitrogens with zero attached hydrogens (tertiary/aromatic N) is 1. The van der Waals surface area contributed by atoms with Gasteiger partial charge in [0.2, 0.25) is 5.95 Å². The second kappa shape index (κ2) is 5.55. The van der Waals surface area contributed by atoms with E-state index in [0.717, 1.165) is 11.3 Å². The van der Waals surface area contributed by atoms with Crippen LogP contribution < -0.4 is 5.32 Å². The van der Waals surface area contributed by atoms with E-state index in [-0.39, 0.29) is 6.04 Å². The normalized spacial score (nSPS) is 12.2. The summed E-state index contributed by atoms with van der Waals surface area (Å²) in [7, 11) is 0. The lowest BCUT2D eigenvalue weighted by Crippen LogP contribution is -2.07. The van der Waals surface area contributed by atoms with Crippen LogP contribution >= 0.6 is 23.2 Å². The minimum absolute atomic E-state index is 0.0524. The molecule has 1 aromatic carbocycles. The number of aromatic nitrogens is 1. The van der Waals surface area contributed by atoms with Gasteiger partial charge >= 0.3 is 0 Å². The van der Waals surface area contributed by atoms with Crippen molar-refractivity contribution in [3.8, 4) is 0 Å². The first-order valence-corrected chi connectivity index (χ1v) is 6.15. The predicted octanol–water partition coefficient (Wildman–Crippen LogP) is 4.70. The third kappa shape index (κ3) is 2.92. The number of benzene rings is 1. The highest BCUT2D eigenvalue weighted by Gasteiger charge is 2.11. The lowest BCUT2D eigenvalue weighted by atomic mass is 10.1. The van der Waals surface area contributed by atoms with Gasteiger partial charge in [0.15, 0.2) is 0 Å². The summed E-state index contributed by atoms with van der Waals surface area (Å²) < 4.78 is 12.7. The first-order chi connectivity index (χ1) is 8.58. The van der Waals surface area contributed by atoms with Crippen LogP contribution in [0.15, 0.2) is 36.5 Å². The number of nitrogens with one attached hydrogen (secondary N) is 1. The first kappa shape index (κ1) is 13.1. The Hall–Kier alpha value is -1.32. The van der Waals surface area contributed by atoms with Crippen molar-refractivity contribution in [1.82, 2.24) is 4.98 Å². The summed E-state index contributed by atoms with van der Waals surface area (Å²) >= 11 is 12.1. The second-order valence-corrected chi connectivity index (χ2v) is 4.66. The molecule has 0 amide bonds. The van der Waals surface area contributed by atoms with E-state index in [1.807, 2.05) is 19.1 Å². The fourth-order valence-corrected chi connectivity index (χ4v) is 2.12. The molecule has 1 unspecified atom stereocenters. The van der Waals surface area contributed by atoms with Crippen LogP contribution in [0.25, 0.3) is 0 Å². The van der Waals surface area contributed by atoms with E-state index in [9.17, 15) is 4.39 Å². The van der Waals surface area contributed by atoms with Gasteiger partial charge in [0.1, 0.15) is 0 Å². The first-order valence-electron chi connectivity index (χ1n) is 5.40. The number of halogens is 3. The third-order valence-corrected chi connectivity index (χ3v) is 3.39. The third-order valence-electron chi connectivity index (χ3n) is 2.56. The van der Waals surface area contributed by atoms with Gasteiger partial charge in [0.25, 0.3) is 0 Å². The molecule has 1 atom stereocenters. The van der Waals surface area contributed by atoms with Crippen molar-refractivity contribution in [3.63, 3.8) is 0 Å². The molecule has 2 rings (SSSR count). The lowest BCUT2D eigenvalue weighted by Gasteiger charge is -2.17. The number of hydrogen-bond acceptors (Lipinski definition) is 2. The minimum Gasteiger partial charge on any atom is -0.377 e. The Kier molecular flexibility index (Phi) is 4.04. The molecule has 2 nitrogen and oxygen atoms in total. The van der Waals surface area contributed by atoms with Crippen LogP contribution in [0.1, 0.15) is 18.5 Å². The van der Waals surface area contributed by atoms with Crippen molar-refractivity contribution in [2.45, 2.75) is 13.0 Å². The Balaban J connectivity index is 2.19. The second-order valence-electron chi connectivity index (χ2n) is 3.88. The average Bonchev–Trinajstić information content (AvgIpc) is 2.35. The van der Waals surface area contributed by atoms with E-state index >= 15 is 0 Å². The summed E-state index contributed by atoms with van der Waals surface area (Å²) in [6, 6.07) is 8.34. The molecule has 0 aliphatic heterocycles. The molecule has 18 heavy (non-hydrogen) atoms. The van der Waals surface area contributed by atoms with Crippen molar-refractivity contribution in [2.75, 3.05) is 5.32 Å². The highest BCUT2D eigenvalue weighted by molar-refractivity contribution is 6.42. The Morgan fingerprint density at radius 3 is 2.67 bits per heavy atom. The highest BCUT2D eigenvalue weighted by Crippen LogP contribution is 2.31. The van der Waals surface area contributed by atoms with Crippen LogP contribution in [0.3, 0.4) is 0 Å². The summed E-state index contributed by atoms with van der Waals surface area (Å²) in [5.74, 6) is -0.506. The molecule has 0 bridgehead atoms. The summed E-state index contributed by atoms with van der Waals surface area (Å²) in [6.45, 7) is 1.95. The number of pyridine rings is 1. The van der Waals surface area contributed by atoms with Crippen LogP contribution in [0.4, 0.5) is 10.1 Å². The topological polar surface area (TPSA) is 24.9 Å². The van der Waals surface area contributed by atoms with Gasteiger partial charge in [-0.2, -0.15) is 4.39 Å². The molecular weight excluding hydrogens is 274 g/mol. The van der Waals surface area contributed by atoms with E-state index < -0.39 is 5.95 Å². The zero-order valence-electron chi connectivity index (χ0n) is 9.62. The Labute approximate surface area is 115 Å². The monoisotopic (exact) mass is 284 g/mol. The number of rotatable bonds is 3. The molecule has 0 aliphatic rings. The van der Waals surface area contributed by atoms with Gasteiger partial charge < -0.3 is 5.32 Å². The maximum atomic E-state index is 12.7. The van der Waals surface area contributed by atoms with E-state index in [1.165, 1.54) is 12.3 Å². The average molecular weight is 285 g/mol. The minimum atomic E-state index is -0.506. The highest BCUT2D eigenvalue weighted by atomic mass is 35.5. The largest absolute Gasteiger partial charge is 0.377 e. The molecule has 0 saturated carbocycles. The van der Waals surface area contributed by atoms with Gasteiger partial charge in [-0.15, -0.1) is 0 Å². The van der Waals surface area contributed by atoms with E-state index in [0.29, 0.717) is 10.0 Å².